The van der Waals surface area contributed by atoms with Gasteiger partial charge < -0.3 is 20.5 Å². The number of hydrogen-bond acceptors (Lipinski definition) is 4. The lowest BCUT2D eigenvalue weighted by molar-refractivity contribution is -0.119. The SMILES string of the molecule is CCOc1cc(CNCc2ccccc2)cc(Cl)c1OCC(N)=O. The van der Waals surface area contributed by atoms with Crippen molar-refractivity contribution in [2.45, 2.75) is 20.0 Å². The van der Waals surface area contributed by atoms with E-state index in [9.17, 15) is 4.79 Å². The molecule has 2 rings (SSSR count). The Balaban J connectivity index is 2.05. The number of amides is 1. The summed E-state index contributed by atoms with van der Waals surface area (Å²) in [5.74, 6) is 0.272. The van der Waals surface area contributed by atoms with E-state index < -0.39 is 5.91 Å². The average molecular weight is 349 g/mol. The summed E-state index contributed by atoms with van der Waals surface area (Å²) < 4.78 is 10.9. The predicted octanol–water partition coefficient (Wildman–Crippen LogP) is 2.89. The van der Waals surface area contributed by atoms with E-state index >= 15 is 0 Å². The lowest BCUT2D eigenvalue weighted by atomic mass is 10.2. The zero-order chi connectivity index (χ0) is 17.4. The summed E-state index contributed by atoms with van der Waals surface area (Å²) in [6.07, 6.45) is 0. The molecule has 0 aliphatic carbocycles. The van der Waals surface area contributed by atoms with Crippen LogP contribution in [0.4, 0.5) is 0 Å². The first-order chi connectivity index (χ1) is 11.6. The van der Waals surface area contributed by atoms with Gasteiger partial charge in [-0.3, -0.25) is 4.79 Å². The molecule has 0 saturated heterocycles. The second-order valence-corrected chi connectivity index (χ2v) is 5.59. The molecule has 0 radical (unpaired) electrons. The summed E-state index contributed by atoms with van der Waals surface area (Å²) >= 11 is 6.26. The van der Waals surface area contributed by atoms with E-state index in [1.54, 1.807) is 6.07 Å². The van der Waals surface area contributed by atoms with Crippen molar-refractivity contribution in [3.05, 3.63) is 58.6 Å². The molecule has 0 aliphatic heterocycles. The van der Waals surface area contributed by atoms with Crippen molar-refractivity contribution < 1.29 is 14.3 Å². The molecule has 0 aromatic heterocycles. The first kappa shape index (κ1) is 18.1. The molecule has 128 valence electrons. The zero-order valence-corrected chi connectivity index (χ0v) is 14.3. The van der Waals surface area contributed by atoms with Gasteiger partial charge in [-0.1, -0.05) is 41.9 Å². The number of hydrogen-bond donors (Lipinski definition) is 2. The van der Waals surface area contributed by atoms with Crippen LogP contribution in [0.5, 0.6) is 11.5 Å². The molecule has 0 heterocycles. The molecule has 0 unspecified atom stereocenters. The van der Waals surface area contributed by atoms with E-state index in [1.165, 1.54) is 5.56 Å². The fraction of sp³-hybridized carbons (Fsp3) is 0.278. The molecule has 0 fully saturated rings. The highest BCUT2D eigenvalue weighted by Gasteiger charge is 2.13. The monoisotopic (exact) mass is 348 g/mol. The summed E-state index contributed by atoms with van der Waals surface area (Å²) in [7, 11) is 0. The van der Waals surface area contributed by atoms with Crippen molar-refractivity contribution in [3.8, 4) is 11.5 Å². The molecular formula is C18H21ClN2O3. The maximum Gasteiger partial charge on any atom is 0.255 e. The lowest BCUT2D eigenvalue weighted by Gasteiger charge is -2.15. The Kier molecular flexibility index (Phi) is 6.90. The van der Waals surface area contributed by atoms with Crippen molar-refractivity contribution in [1.82, 2.24) is 5.32 Å². The average Bonchev–Trinajstić information content (AvgIpc) is 2.55. The van der Waals surface area contributed by atoms with Crippen LogP contribution in [0.2, 0.25) is 5.02 Å². The van der Waals surface area contributed by atoms with E-state index in [1.807, 2.05) is 31.2 Å². The van der Waals surface area contributed by atoms with Gasteiger partial charge in [-0.25, -0.2) is 0 Å². The minimum Gasteiger partial charge on any atom is -0.490 e. The zero-order valence-electron chi connectivity index (χ0n) is 13.5. The second kappa shape index (κ2) is 9.15. The Morgan fingerprint density at radius 2 is 1.83 bits per heavy atom. The topological polar surface area (TPSA) is 73.6 Å². The van der Waals surface area contributed by atoms with Crippen LogP contribution >= 0.6 is 11.6 Å². The van der Waals surface area contributed by atoms with Crippen LogP contribution in [0.25, 0.3) is 0 Å². The number of nitrogens with two attached hydrogens (primary N) is 1. The molecule has 3 N–H and O–H groups in total. The second-order valence-electron chi connectivity index (χ2n) is 5.18. The first-order valence-electron chi connectivity index (χ1n) is 7.71. The van der Waals surface area contributed by atoms with Crippen LogP contribution in [-0.4, -0.2) is 19.1 Å². The van der Waals surface area contributed by atoms with Crippen molar-refractivity contribution in [2.24, 2.45) is 5.73 Å². The fourth-order valence-electron chi connectivity index (χ4n) is 2.22. The molecule has 2 aromatic carbocycles. The van der Waals surface area contributed by atoms with E-state index in [-0.39, 0.29) is 6.61 Å². The Morgan fingerprint density at radius 3 is 2.50 bits per heavy atom. The molecule has 0 atom stereocenters. The van der Waals surface area contributed by atoms with Gasteiger partial charge in [-0.15, -0.1) is 0 Å². The van der Waals surface area contributed by atoms with Gasteiger partial charge in [0.15, 0.2) is 18.1 Å². The highest BCUT2D eigenvalue weighted by molar-refractivity contribution is 6.32. The number of primary amides is 1. The lowest BCUT2D eigenvalue weighted by Crippen LogP contribution is -2.20. The number of halogens is 1. The quantitative estimate of drug-likeness (QED) is 0.730. The maximum atomic E-state index is 10.9. The molecular weight excluding hydrogens is 328 g/mol. The predicted molar refractivity (Wildman–Crippen MR) is 94.3 cm³/mol. The number of rotatable bonds is 9. The third-order valence-electron chi connectivity index (χ3n) is 3.23. The van der Waals surface area contributed by atoms with Crippen molar-refractivity contribution >= 4 is 17.5 Å². The first-order valence-corrected chi connectivity index (χ1v) is 8.09. The Bertz CT molecular complexity index is 677. The molecule has 0 spiro atoms. The van der Waals surface area contributed by atoms with Crippen LogP contribution in [0.3, 0.4) is 0 Å². The summed E-state index contributed by atoms with van der Waals surface area (Å²) in [4.78, 5) is 10.9. The number of carbonyl (C=O) groups excluding carboxylic acids is 1. The highest BCUT2D eigenvalue weighted by atomic mass is 35.5. The van der Waals surface area contributed by atoms with Gasteiger partial charge in [0.25, 0.3) is 5.91 Å². The summed E-state index contributed by atoms with van der Waals surface area (Å²) in [5, 5.41) is 3.74. The molecule has 24 heavy (non-hydrogen) atoms. The number of benzene rings is 2. The smallest absolute Gasteiger partial charge is 0.255 e. The van der Waals surface area contributed by atoms with E-state index in [4.69, 9.17) is 26.8 Å². The van der Waals surface area contributed by atoms with E-state index in [0.717, 1.165) is 12.1 Å². The normalized spacial score (nSPS) is 10.4. The minimum atomic E-state index is -0.567. The van der Waals surface area contributed by atoms with E-state index in [2.05, 4.69) is 17.4 Å². The third kappa shape index (κ3) is 5.44. The highest BCUT2D eigenvalue weighted by Crippen LogP contribution is 2.36. The Hall–Kier alpha value is -2.24. The van der Waals surface area contributed by atoms with E-state index in [0.29, 0.717) is 29.7 Å². The summed E-state index contributed by atoms with van der Waals surface area (Å²) in [6.45, 7) is 3.47. The number of nitrogens with one attached hydrogen (secondary N) is 1. The third-order valence-corrected chi connectivity index (χ3v) is 3.51. The van der Waals surface area contributed by atoms with Crippen LogP contribution < -0.4 is 20.5 Å². The van der Waals surface area contributed by atoms with Crippen LogP contribution in [0.15, 0.2) is 42.5 Å². The van der Waals surface area contributed by atoms with Crippen LogP contribution in [-0.2, 0) is 17.9 Å². The van der Waals surface area contributed by atoms with Crippen molar-refractivity contribution in [1.29, 1.82) is 0 Å². The molecule has 6 heteroatoms. The molecule has 0 aliphatic rings. The standard InChI is InChI=1S/C18H21ClN2O3/c1-2-23-16-9-14(8-15(19)18(16)24-12-17(20)22)11-21-10-13-6-4-3-5-7-13/h3-9,21H,2,10-12H2,1H3,(H2,20,22). The van der Waals surface area contributed by atoms with Gasteiger partial charge in [0.05, 0.1) is 11.6 Å². The molecule has 1 amide bonds. The van der Waals surface area contributed by atoms with Gasteiger partial charge in [-0.05, 0) is 30.2 Å². The van der Waals surface area contributed by atoms with Gasteiger partial charge in [-0.2, -0.15) is 0 Å². The molecule has 0 saturated carbocycles. The Labute approximate surface area is 146 Å². The fourth-order valence-corrected chi connectivity index (χ4v) is 2.50. The maximum absolute atomic E-state index is 10.9. The van der Waals surface area contributed by atoms with Gasteiger partial charge >= 0.3 is 0 Å². The summed E-state index contributed by atoms with van der Waals surface area (Å²) in [5.41, 5.74) is 7.27. The largest absolute Gasteiger partial charge is 0.490 e. The van der Waals surface area contributed by atoms with Crippen molar-refractivity contribution in [3.63, 3.8) is 0 Å². The summed E-state index contributed by atoms with van der Waals surface area (Å²) in [6, 6.07) is 13.8. The Morgan fingerprint density at radius 1 is 1.12 bits per heavy atom. The molecule has 2 aromatic rings. The van der Waals surface area contributed by atoms with Crippen LogP contribution in [0, 0.1) is 0 Å². The minimum absolute atomic E-state index is 0.245. The number of ether oxygens (including phenoxy) is 2. The van der Waals surface area contributed by atoms with Gasteiger partial charge in [0.2, 0.25) is 0 Å². The van der Waals surface area contributed by atoms with Crippen LogP contribution in [0.1, 0.15) is 18.1 Å². The number of carbonyl (C=O) groups is 1. The molecule has 5 nitrogen and oxygen atoms in total. The van der Waals surface area contributed by atoms with Crippen molar-refractivity contribution in [2.75, 3.05) is 13.2 Å². The van der Waals surface area contributed by atoms with Gasteiger partial charge in [0.1, 0.15) is 0 Å². The van der Waals surface area contributed by atoms with Gasteiger partial charge in [0, 0.05) is 13.1 Å². The molecule has 0 bridgehead atoms.